The van der Waals surface area contributed by atoms with Crippen molar-refractivity contribution in [3.63, 3.8) is 0 Å². The van der Waals surface area contributed by atoms with Gasteiger partial charge in [-0.25, -0.2) is 4.79 Å². The van der Waals surface area contributed by atoms with Crippen LogP contribution in [0.1, 0.15) is 50.5 Å². The van der Waals surface area contributed by atoms with Crippen LogP contribution in [0.25, 0.3) is 0 Å². The Balaban J connectivity index is 1.61. The van der Waals surface area contributed by atoms with Crippen molar-refractivity contribution in [1.29, 1.82) is 0 Å². The normalized spacial score (nSPS) is 21.2. The third-order valence-electron chi connectivity index (χ3n) is 5.47. The molecule has 0 aliphatic carbocycles. The molecule has 0 saturated carbocycles. The van der Waals surface area contributed by atoms with Crippen LogP contribution >= 0.6 is 0 Å². The molecule has 1 aromatic rings. The van der Waals surface area contributed by atoms with Gasteiger partial charge < -0.3 is 20.2 Å². The molecular weight excluding hydrogens is 314 g/mol. The van der Waals surface area contributed by atoms with E-state index in [1.54, 1.807) is 0 Å². The van der Waals surface area contributed by atoms with E-state index in [0.717, 1.165) is 38.9 Å². The van der Waals surface area contributed by atoms with Crippen molar-refractivity contribution in [2.75, 3.05) is 31.1 Å². The Morgan fingerprint density at radius 1 is 1.08 bits per heavy atom. The van der Waals surface area contributed by atoms with Crippen molar-refractivity contribution >= 4 is 11.7 Å². The van der Waals surface area contributed by atoms with Crippen LogP contribution in [-0.4, -0.2) is 48.3 Å². The minimum atomic E-state index is 0.00611. The Bertz CT molecular complexity index is 556. The molecule has 2 fully saturated rings. The first-order chi connectivity index (χ1) is 12.3. The van der Waals surface area contributed by atoms with Crippen molar-refractivity contribution in [3.8, 4) is 0 Å². The van der Waals surface area contributed by atoms with Crippen molar-refractivity contribution in [2.45, 2.75) is 57.5 Å². The largest absolute Gasteiger partial charge is 0.396 e. The lowest BCUT2D eigenvalue weighted by atomic mass is 10.00. The van der Waals surface area contributed by atoms with Crippen LogP contribution in [0.4, 0.5) is 10.5 Å². The van der Waals surface area contributed by atoms with E-state index in [9.17, 15) is 9.90 Å². The van der Waals surface area contributed by atoms with Crippen LogP contribution in [0.15, 0.2) is 24.3 Å². The molecule has 0 spiro atoms. The monoisotopic (exact) mass is 345 g/mol. The number of hydrogen-bond acceptors (Lipinski definition) is 3. The molecule has 1 atom stereocenters. The smallest absolute Gasteiger partial charge is 0.317 e. The molecule has 2 heterocycles. The Morgan fingerprint density at radius 3 is 2.64 bits per heavy atom. The number of likely N-dealkylation sites (tertiary alicyclic amines) is 1. The van der Waals surface area contributed by atoms with Crippen molar-refractivity contribution < 1.29 is 9.90 Å². The first kappa shape index (κ1) is 18.1. The summed E-state index contributed by atoms with van der Waals surface area (Å²) in [6.07, 6.45) is 7.69. The van der Waals surface area contributed by atoms with E-state index in [1.165, 1.54) is 30.5 Å². The number of benzene rings is 1. The van der Waals surface area contributed by atoms with Crippen LogP contribution in [0.5, 0.6) is 0 Å². The number of rotatable bonds is 5. The molecule has 0 aromatic heterocycles. The molecule has 3 rings (SSSR count). The zero-order valence-corrected chi connectivity index (χ0v) is 15.1. The van der Waals surface area contributed by atoms with Gasteiger partial charge in [-0.1, -0.05) is 18.2 Å². The van der Waals surface area contributed by atoms with E-state index in [0.29, 0.717) is 13.0 Å². The fraction of sp³-hybridized carbons (Fsp3) is 0.650. The highest BCUT2D eigenvalue weighted by Gasteiger charge is 2.26. The van der Waals surface area contributed by atoms with Gasteiger partial charge >= 0.3 is 6.03 Å². The Kier molecular flexibility index (Phi) is 6.56. The van der Waals surface area contributed by atoms with Gasteiger partial charge in [0, 0.05) is 44.5 Å². The van der Waals surface area contributed by atoms with E-state index in [-0.39, 0.29) is 18.7 Å². The molecule has 5 nitrogen and oxygen atoms in total. The molecule has 2 saturated heterocycles. The van der Waals surface area contributed by atoms with Gasteiger partial charge in [-0.3, -0.25) is 0 Å². The first-order valence-electron chi connectivity index (χ1n) is 9.78. The predicted molar refractivity (Wildman–Crippen MR) is 101 cm³/mol. The summed E-state index contributed by atoms with van der Waals surface area (Å²) >= 11 is 0. The lowest BCUT2D eigenvalue weighted by Crippen LogP contribution is -2.48. The van der Waals surface area contributed by atoms with Crippen LogP contribution in [0.2, 0.25) is 0 Å². The third kappa shape index (κ3) is 4.66. The summed E-state index contributed by atoms with van der Waals surface area (Å²) in [7, 11) is 0. The van der Waals surface area contributed by atoms with Crippen LogP contribution in [-0.2, 0) is 6.54 Å². The highest BCUT2D eigenvalue weighted by Crippen LogP contribution is 2.24. The quantitative estimate of drug-likeness (QED) is 0.862. The number of urea groups is 1. The minimum Gasteiger partial charge on any atom is -0.396 e. The lowest BCUT2D eigenvalue weighted by Gasteiger charge is -2.36. The van der Waals surface area contributed by atoms with Gasteiger partial charge in [0.2, 0.25) is 0 Å². The number of anilines is 1. The van der Waals surface area contributed by atoms with E-state index in [1.807, 2.05) is 11.0 Å². The van der Waals surface area contributed by atoms with Gasteiger partial charge in [-0.05, 0) is 56.6 Å². The molecule has 2 amide bonds. The molecule has 2 aliphatic rings. The van der Waals surface area contributed by atoms with Gasteiger partial charge in [0.05, 0.1) is 0 Å². The van der Waals surface area contributed by atoms with Gasteiger partial charge in [0.1, 0.15) is 0 Å². The standard InChI is InChI=1S/C20H31N3O2/c24-15-11-18-9-4-7-14-23(18)20(25)21-16-17-8-2-3-10-19(17)22-12-5-1-6-13-22/h2-3,8,10,18,24H,1,4-7,9,11-16H2,(H,21,25). The summed E-state index contributed by atoms with van der Waals surface area (Å²) < 4.78 is 0. The number of carbonyl (C=O) groups is 1. The van der Waals surface area contributed by atoms with Gasteiger partial charge in [-0.2, -0.15) is 0 Å². The van der Waals surface area contributed by atoms with E-state index in [2.05, 4.69) is 28.4 Å². The molecule has 5 heteroatoms. The fourth-order valence-electron chi connectivity index (χ4n) is 4.09. The third-order valence-corrected chi connectivity index (χ3v) is 5.47. The van der Waals surface area contributed by atoms with Crippen LogP contribution in [0.3, 0.4) is 0 Å². The maximum Gasteiger partial charge on any atom is 0.317 e. The topological polar surface area (TPSA) is 55.8 Å². The Hall–Kier alpha value is -1.75. The number of hydrogen-bond donors (Lipinski definition) is 2. The Labute approximate surface area is 151 Å². The Morgan fingerprint density at radius 2 is 1.84 bits per heavy atom. The summed E-state index contributed by atoms with van der Waals surface area (Å²) in [5.41, 5.74) is 2.45. The SMILES string of the molecule is O=C(NCc1ccccc1N1CCCCC1)N1CCCCC1CCO. The van der Waals surface area contributed by atoms with Crippen molar-refractivity contribution in [1.82, 2.24) is 10.2 Å². The van der Waals surface area contributed by atoms with Gasteiger partial charge in [-0.15, -0.1) is 0 Å². The molecule has 25 heavy (non-hydrogen) atoms. The number of amides is 2. The molecule has 1 unspecified atom stereocenters. The number of aliphatic hydroxyl groups excluding tert-OH is 1. The molecule has 2 N–H and O–H groups in total. The second-order valence-corrected chi connectivity index (χ2v) is 7.19. The highest BCUT2D eigenvalue weighted by molar-refractivity contribution is 5.75. The van der Waals surface area contributed by atoms with E-state index < -0.39 is 0 Å². The highest BCUT2D eigenvalue weighted by atomic mass is 16.3. The number of para-hydroxylation sites is 1. The van der Waals surface area contributed by atoms with Crippen molar-refractivity contribution in [3.05, 3.63) is 29.8 Å². The van der Waals surface area contributed by atoms with Crippen LogP contribution in [0, 0.1) is 0 Å². The second-order valence-electron chi connectivity index (χ2n) is 7.19. The number of aliphatic hydroxyl groups is 1. The maximum atomic E-state index is 12.7. The first-order valence-corrected chi connectivity index (χ1v) is 9.78. The molecule has 1 aromatic carbocycles. The average molecular weight is 345 g/mol. The molecule has 138 valence electrons. The minimum absolute atomic E-state index is 0.00611. The maximum absolute atomic E-state index is 12.7. The van der Waals surface area contributed by atoms with E-state index >= 15 is 0 Å². The van der Waals surface area contributed by atoms with Gasteiger partial charge in [0.25, 0.3) is 0 Å². The summed E-state index contributed by atoms with van der Waals surface area (Å²) in [5, 5.41) is 12.4. The number of carbonyl (C=O) groups excluding carboxylic acids is 1. The van der Waals surface area contributed by atoms with Crippen molar-refractivity contribution in [2.24, 2.45) is 0 Å². The molecule has 0 radical (unpaired) electrons. The lowest BCUT2D eigenvalue weighted by molar-refractivity contribution is 0.131. The zero-order valence-electron chi connectivity index (χ0n) is 15.1. The van der Waals surface area contributed by atoms with Crippen LogP contribution < -0.4 is 10.2 Å². The molecule has 0 bridgehead atoms. The summed E-state index contributed by atoms with van der Waals surface area (Å²) in [6.45, 7) is 3.72. The molecule has 2 aliphatic heterocycles. The van der Waals surface area contributed by atoms with Gasteiger partial charge in [0.15, 0.2) is 0 Å². The predicted octanol–water partition coefficient (Wildman–Crippen LogP) is 3.12. The number of nitrogens with zero attached hydrogens (tertiary/aromatic N) is 2. The number of piperidine rings is 2. The summed E-state index contributed by atoms with van der Waals surface area (Å²) in [5.74, 6) is 0. The number of nitrogens with one attached hydrogen (secondary N) is 1. The fourth-order valence-corrected chi connectivity index (χ4v) is 4.09. The second kappa shape index (κ2) is 9.09. The summed E-state index contributed by atoms with van der Waals surface area (Å²) in [4.78, 5) is 17.0. The van der Waals surface area contributed by atoms with E-state index in [4.69, 9.17) is 0 Å². The average Bonchev–Trinajstić information content (AvgIpc) is 2.68. The summed E-state index contributed by atoms with van der Waals surface area (Å²) in [6, 6.07) is 8.60. The molecular formula is C20H31N3O2. The zero-order chi connectivity index (χ0) is 17.5.